The molecule has 1 aromatic heterocycles. The lowest BCUT2D eigenvalue weighted by atomic mass is 10.1. The number of nitrogens with zero attached hydrogens (tertiary/aromatic N) is 3. The first-order valence-electron chi connectivity index (χ1n) is 9.87. The number of para-hydroxylation sites is 1. The molecule has 0 unspecified atom stereocenters. The molecule has 0 saturated heterocycles. The molecule has 0 radical (unpaired) electrons. The number of H-pyrrole nitrogens is 1. The maximum absolute atomic E-state index is 12.8. The minimum Gasteiger partial charge on any atom is -0.298 e. The number of rotatable bonds is 8. The van der Waals surface area contributed by atoms with E-state index >= 15 is 0 Å². The molecule has 1 N–H and O–H groups in total. The van der Waals surface area contributed by atoms with Crippen LogP contribution in [0.4, 0.5) is 5.69 Å². The third-order valence-corrected chi connectivity index (χ3v) is 5.95. The molecule has 2 heterocycles. The summed E-state index contributed by atoms with van der Waals surface area (Å²) in [5.74, 6) is 0. The van der Waals surface area contributed by atoms with Gasteiger partial charge < -0.3 is 0 Å². The van der Waals surface area contributed by atoms with Crippen LogP contribution >= 0.6 is 11.9 Å². The van der Waals surface area contributed by atoms with E-state index in [1.54, 1.807) is 28.8 Å². The summed E-state index contributed by atoms with van der Waals surface area (Å²) in [6, 6.07) is 6.27. The fourth-order valence-corrected chi connectivity index (χ4v) is 4.45. The second-order valence-electron chi connectivity index (χ2n) is 6.99. The Labute approximate surface area is 176 Å². The van der Waals surface area contributed by atoms with Crippen molar-refractivity contribution in [1.82, 2.24) is 14.1 Å². The quantitative estimate of drug-likeness (QED) is 0.381. The minimum atomic E-state index is 0.0604. The van der Waals surface area contributed by atoms with Gasteiger partial charge in [0, 0.05) is 23.2 Å². The van der Waals surface area contributed by atoms with Crippen molar-refractivity contribution in [3.05, 3.63) is 82.3 Å². The predicted molar refractivity (Wildman–Crippen MR) is 123 cm³/mol. The Morgan fingerprint density at radius 2 is 2.21 bits per heavy atom. The number of aliphatic imine (C=N–C) groups is 1. The third-order valence-electron chi connectivity index (χ3n) is 4.85. The molecule has 3 rings (SSSR count). The zero-order valence-corrected chi connectivity index (χ0v) is 18.0. The molecule has 0 bridgehead atoms. The second kappa shape index (κ2) is 9.76. The van der Waals surface area contributed by atoms with Gasteiger partial charge in [-0.25, -0.2) is 8.99 Å². The van der Waals surface area contributed by atoms with Gasteiger partial charge in [-0.2, -0.15) is 0 Å². The number of aromatic amines is 1. The van der Waals surface area contributed by atoms with Gasteiger partial charge in [-0.3, -0.25) is 14.9 Å². The summed E-state index contributed by atoms with van der Waals surface area (Å²) in [6.45, 7) is 13.7. The standard InChI is InChI=1S/C23H28N4OS/c1-5-9-18(7-3)15-27-23(28)19-12-14-26(16-20(19)25-27)29-21-11-8-10-17(4)22(21)24-13-6-2/h5,7-11,13,25H,1,3,6,12,14-16H2,2,4H3/b18-9+,24-13?. The molecule has 152 valence electrons. The van der Waals surface area contributed by atoms with E-state index < -0.39 is 0 Å². The molecule has 0 saturated carbocycles. The van der Waals surface area contributed by atoms with Crippen molar-refractivity contribution < 1.29 is 0 Å². The molecule has 1 aliphatic heterocycles. The predicted octanol–water partition coefficient (Wildman–Crippen LogP) is 4.96. The van der Waals surface area contributed by atoms with Crippen molar-refractivity contribution in [2.75, 3.05) is 6.54 Å². The van der Waals surface area contributed by atoms with E-state index in [9.17, 15) is 4.79 Å². The van der Waals surface area contributed by atoms with Crippen LogP contribution in [0.15, 0.2) is 69.8 Å². The third kappa shape index (κ3) is 4.89. The highest BCUT2D eigenvalue weighted by molar-refractivity contribution is 7.97. The number of benzene rings is 1. The van der Waals surface area contributed by atoms with Crippen LogP contribution in [0.1, 0.15) is 30.2 Å². The van der Waals surface area contributed by atoms with E-state index in [2.05, 4.69) is 59.6 Å². The maximum atomic E-state index is 12.8. The number of fused-ring (bicyclic) bond motifs is 1. The molecule has 6 heteroatoms. The monoisotopic (exact) mass is 408 g/mol. The fourth-order valence-electron chi connectivity index (χ4n) is 3.35. The molecule has 0 spiro atoms. The summed E-state index contributed by atoms with van der Waals surface area (Å²) in [5, 5.41) is 3.30. The SMILES string of the molecule is C=C/C=C(\C=C)Cn1[nH]c2c(c1=O)CCN(Sc1cccc(C)c1N=CCC)C2. The Hall–Kier alpha value is -2.57. The number of hydrogen-bond acceptors (Lipinski definition) is 4. The van der Waals surface area contributed by atoms with Gasteiger partial charge >= 0.3 is 0 Å². The lowest BCUT2D eigenvalue weighted by Crippen LogP contribution is -2.27. The van der Waals surface area contributed by atoms with Crippen LogP contribution in [0.25, 0.3) is 0 Å². The number of aryl methyl sites for hydroxylation is 1. The molecule has 1 aromatic carbocycles. The van der Waals surface area contributed by atoms with Crippen molar-refractivity contribution in [1.29, 1.82) is 0 Å². The van der Waals surface area contributed by atoms with Crippen molar-refractivity contribution in [2.24, 2.45) is 4.99 Å². The Morgan fingerprint density at radius 1 is 1.38 bits per heavy atom. The molecular weight excluding hydrogens is 380 g/mol. The van der Waals surface area contributed by atoms with E-state index in [4.69, 9.17) is 0 Å². The van der Waals surface area contributed by atoms with Gasteiger partial charge in [-0.05, 0) is 48.9 Å². The topological polar surface area (TPSA) is 53.4 Å². The van der Waals surface area contributed by atoms with Crippen LogP contribution < -0.4 is 5.56 Å². The highest BCUT2D eigenvalue weighted by Crippen LogP contribution is 2.36. The van der Waals surface area contributed by atoms with Gasteiger partial charge in [-0.1, -0.05) is 50.4 Å². The zero-order chi connectivity index (χ0) is 20.8. The normalized spacial score (nSPS) is 14.9. The molecule has 1 aliphatic rings. The average molecular weight is 409 g/mol. The van der Waals surface area contributed by atoms with Crippen LogP contribution in [0, 0.1) is 6.92 Å². The Bertz CT molecular complexity index is 1010. The van der Waals surface area contributed by atoms with Crippen LogP contribution in [-0.4, -0.2) is 26.8 Å². The van der Waals surface area contributed by atoms with Crippen molar-refractivity contribution in [3.63, 3.8) is 0 Å². The van der Waals surface area contributed by atoms with Gasteiger partial charge in [0.15, 0.2) is 0 Å². The maximum Gasteiger partial charge on any atom is 0.270 e. The lowest BCUT2D eigenvalue weighted by molar-refractivity contribution is 0.436. The van der Waals surface area contributed by atoms with Gasteiger partial charge in [0.25, 0.3) is 5.56 Å². The molecule has 0 atom stereocenters. The van der Waals surface area contributed by atoms with Crippen molar-refractivity contribution in [3.8, 4) is 0 Å². The largest absolute Gasteiger partial charge is 0.298 e. The number of nitrogens with one attached hydrogen (secondary N) is 1. The summed E-state index contributed by atoms with van der Waals surface area (Å²) < 4.78 is 3.95. The molecule has 0 aliphatic carbocycles. The Morgan fingerprint density at radius 3 is 2.93 bits per heavy atom. The average Bonchev–Trinajstić information content (AvgIpc) is 3.02. The smallest absolute Gasteiger partial charge is 0.270 e. The molecular formula is C23H28N4OS. The summed E-state index contributed by atoms with van der Waals surface area (Å²) in [7, 11) is 0. The van der Waals surface area contributed by atoms with Crippen LogP contribution in [0.3, 0.4) is 0 Å². The van der Waals surface area contributed by atoms with Gasteiger partial charge in [-0.15, -0.1) is 0 Å². The van der Waals surface area contributed by atoms with Crippen LogP contribution in [0.2, 0.25) is 0 Å². The van der Waals surface area contributed by atoms with Crippen molar-refractivity contribution in [2.45, 2.75) is 44.7 Å². The molecule has 2 aromatic rings. The summed E-state index contributed by atoms with van der Waals surface area (Å²) in [5.41, 5.74) is 5.08. The highest BCUT2D eigenvalue weighted by atomic mass is 32.2. The summed E-state index contributed by atoms with van der Waals surface area (Å²) in [6.07, 6.45) is 8.94. The van der Waals surface area contributed by atoms with Gasteiger partial charge in [0.2, 0.25) is 0 Å². The van der Waals surface area contributed by atoms with E-state index in [1.165, 1.54) is 5.56 Å². The van der Waals surface area contributed by atoms with Crippen molar-refractivity contribution >= 4 is 23.8 Å². The first-order chi connectivity index (χ1) is 14.1. The Kier molecular flexibility index (Phi) is 7.12. The second-order valence-corrected chi connectivity index (χ2v) is 8.13. The molecule has 29 heavy (non-hydrogen) atoms. The first kappa shape index (κ1) is 21.1. The molecule has 5 nitrogen and oxygen atoms in total. The highest BCUT2D eigenvalue weighted by Gasteiger charge is 2.24. The Balaban J connectivity index is 1.80. The lowest BCUT2D eigenvalue weighted by Gasteiger charge is -2.25. The first-order valence-corrected chi connectivity index (χ1v) is 10.6. The molecule has 0 fully saturated rings. The van der Waals surface area contributed by atoms with Crippen LogP contribution in [-0.2, 0) is 19.5 Å². The summed E-state index contributed by atoms with van der Waals surface area (Å²) in [4.78, 5) is 18.5. The van der Waals surface area contributed by atoms with E-state index in [1.807, 2.05) is 12.3 Å². The van der Waals surface area contributed by atoms with Gasteiger partial charge in [0.05, 0.1) is 24.5 Å². The van der Waals surface area contributed by atoms with Crippen LogP contribution in [0.5, 0.6) is 0 Å². The van der Waals surface area contributed by atoms with E-state index in [0.29, 0.717) is 13.1 Å². The van der Waals surface area contributed by atoms with E-state index in [0.717, 1.165) is 46.8 Å². The van der Waals surface area contributed by atoms with E-state index in [-0.39, 0.29) is 5.56 Å². The number of aromatic nitrogens is 2. The summed E-state index contributed by atoms with van der Waals surface area (Å²) >= 11 is 1.71. The molecule has 0 amide bonds. The fraction of sp³-hybridized carbons (Fsp3) is 0.304. The number of hydrogen-bond donors (Lipinski definition) is 1. The minimum absolute atomic E-state index is 0.0604. The van der Waals surface area contributed by atoms with Gasteiger partial charge in [0.1, 0.15) is 0 Å². The zero-order valence-electron chi connectivity index (χ0n) is 17.1. The number of allylic oxidation sites excluding steroid dienone is 4.